The van der Waals surface area contributed by atoms with Gasteiger partial charge < -0.3 is 22.3 Å². The largest absolute Gasteiger partial charge is 0.470 e. The highest BCUT2D eigenvalue weighted by Gasteiger charge is 1.97. The fourth-order valence-electron chi connectivity index (χ4n) is 3.04. The fourth-order valence-corrected chi connectivity index (χ4v) is 3.04. The molecule has 0 N–H and O–H groups in total. The SMILES string of the molecule is Cc1ccco1.Cc1cnc(C)o1.Cc1nnc(C)o1.Cc1nnn(C)n1.Cc1nnnn1C.Cc1noc(=O)n1C.Cc1noc(C)n1.Cc1noc(C)n1. The van der Waals surface area contributed by atoms with E-state index in [2.05, 4.69) is 85.1 Å². The minimum absolute atomic E-state index is 0.414. The summed E-state index contributed by atoms with van der Waals surface area (Å²) >= 11 is 0. The summed E-state index contributed by atoms with van der Waals surface area (Å²) in [6.07, 6.45) is 3.37. The zero-order chi connectivity index (χ0) is 42.2. The summed E-state index contributed by atoms with van der Waals surface area (Å²) in [5, 5.41) is 39.2. The van der Waals surface area contributed by atoms with Crippen LogP contribution < -0.4 is 5.76 Å². The molecule has 0 unspecified atom stereocenters. The molecule has 0 aromatic carbocycles. The Hall–Kier alpha value is -7.01. The molecule has 0 spiro atoms. The van der Waals surface area contributed by atoms with E-state index in [4.69, 9.17) is 13.3 Å². The van der Waals surface area contributed by atoms with Gasteiger partial charge in [-0.1, -0.05) is 15.5 Å². The van der Waals surface area contributed by atoms with Gasteiger partial charge in [0.1, 0.15) is 17.3 Å². The first kappa shape index (κ1) is 47.0. The van der Waals surface area contributed by atoms with Crippen molar-refractivity contribution in [3.05, 3.63) is 105 Å². The summed E-state index contributed by atoms with van der Waals surface area (Å²) in [6.45, 7) is 21.6. The molecule has 0 atom stereocenters. The van der Waals surface area contributed by atoms with Crippen molar-refractivity contribution in [2.75, 3.05) is 0 Å². The maximum absolute atomic E-state index is 10.4. The van der Waals surface area contributed by atoms with E-state index in [0.29, 0.717) is 46.9 Å². The Kier molecular flexibility index (Phi) is 21.1. The first-order chi connectivity index (χ1) is 26.4. The average molecular weight is 784 g/mol. The summed E-state index contributed by atoms with van der Waals surface area (Å²) in [7, 11) is 5.14. The van der Waals surface area contributed by atoms with E-state index in [0.717, 1.165) is 23.2 Å². The van der Waals surface area contributed by atoms with Gasteiger partial charge >= 0.3 is 5.76 Å². The van der Waals surface area contributed by atoms with Gasteiger partial charge in [-0.05, 0) is 76.2 Å². The molecule has 8 heterocycles. The number of tetrazole rings is 2. The molecule has 56 heavy (non-hydrogen) atoms. The number of nitrogens with zero attached hydrogens (tertiary/aromatic N) is 17. The number of aromatic nitrogens is 17. The lowest BCUT2D eigenvalue weighted by Crippen LogP contribution is -2.09. The van der Waals surface area contributed by atoms with Crippen molar-refractivity contribution < 1.29 is 26.8 Å². The summed E-state index contributed by atoms with van der Waals surface area (Å²) < 4.78 is 31.1. The van der Waals surface area contributed by atoms with Gasteiger partial charge in [0, 0.05) is 48.7 Å². The van der Waals surface area contributed by atoms with E-state index < -0.39 is 5.76 Å². The van der Waals surface area contributed by atoms with Crippen LogP contribution >= 0.6 is 0 Å². The topological polar surface area (TPSA) is 291 Å². The highest BCUT2D eigenvalue weighted by molar-refractivity contribution is 4.93. The van der Waals surface area contributed by atoms with Gasteiger partial charge in [0.25, 0.3) is 0 Å². The van der Waals surface area contributed by atoms with E-state index in [-0.39, 0.29) is 0 Å². The highest BCUT2D eigenvalue weighted by atomic mass is 16.5. The van der Waals surface area contributed by atoms with Gasteiger partial charge in [-0.3, -0.25) is 9.09 Å². The number of hydrogen-bond acceptors (Lipinski definition) is 21. The summed E-state index contributed by atoms with van der Waals surface area (Å²) in [4.78, 5) is 23.3. The zero-order valence-corrected chi connectivity index (χ0v) is 34.3. The number of hydrogen-bond donors (Lipinski definition) is 0. The van der Waals surface area contributed by atoms with Gasteiger partial charge in [-0.2, -0.15) is 14.8 Å². The average Bonchev–Trinajstić information content (AvgIpc) is 4.03. The second-order valence-corrected chi connectivity index (χ2v) is 11.0. The maximum atomic E-state index is 10.4. The number of rotatable bonds is 0. The van der Waals surface area contributed by atoms with Crippen LogP contribution in [0.25, 0.3) is 0 Å². The molecule has 0 aliphatic heterocycles. The number of furan rings is 1. The minimum atomic E-state index is -0.414. The number of aryl methyl sites for hydroxylation is 14. The molecule has 0 saturated carbocycles. The van der Waals surface area contributed by atoms with Crippen LogP contribution in [-0.4, -0.2) is 85.6 Å². The Bertz CT molecular complexity index is 1910. The van der Waals surface area contributed by atoms with Crippen LogP contribution in [-0.2, 0) is 21.1 Å². The summed E-state index contributed by atoms with van der Waals surface area (Å²) in [6, 6.07) is 3.79. The lowest BCUT2D eigenvalue weighted by atomic mass is 10.5. The molecule has 8 aromatic heterocycles. The van der Waals surface area contributed by atoms with Gasteiger partial charge in [-0.15, -0.1) is 25.5 Å². The summed E-state index contributed by atoms with van der Waals surface area (Å²) in [5.74, 6) is 8.17. The lowest BCUT2D eigenvalue weighted by Gasteiger charge is -1.81. The van der Waals surface area contributed by atoms with Gasteiger partial charge in [0.05, 0.1) is 19.5 Å². The standard InChI is InChI=1S/C5H7NO.C5H6O.C4H6N2O2.3C4H6N2O.2C3H6N4/c1-4-3-6-5(2)7-4;1-5-3-2-4-6-5;1-3-5-8-4(7)6(3)2;1-3-5-6-4(2)7-3;2*1-3-5-4(2)7-6-3;1-3-4-5-6-7(3)2;1-3-4-6-7(2)5-3/h3H,1-2H3;2-4H,1H3;1-2H3;5*1-2H3. The zero-order valence-electron chi connectivity index (χ0n) is 34.3. The predicted octanol–water partition coefficient (Wildman–Crippen LogP) is 3.66. The van der Waals surface area contributed by atoms with Crippen LogP contribution in [0.5, 0.6) is 0 Å². The van der Waals surface area contributed by atoms with Crippen LogP contribution in [0.4, 0.5) is 0 Å². The Balaban J connectivity index is 0.000000320. The predicted molar refractivity (Wildman–Crippen MR) is 194 cm³/mol. The number of oxazole rings is 1. The quantitative estimate of drug-likeness (QED) is 0.212. The molecule has 24 nitrogen and oxygen atoms in total. The second kappa shape index (κ2) is 25.1. The molecule has 0 saturated heterocycles. The maximum Gasteiger partial charge on any atom is 0.441 e. The minimum Gasteiger partial charge on any atom is -0.470 e. The Labute approximate surface area is 321 Å². The first-order valence-corrected chi connectivity index (χ1v) is 16.4. The molecule has 0 radical (unpaired) electrons. The lowest BCUT2D eigenvalue weighted by molar-refractivity contribution is 0.377. The normalized spacial score (nSPS) is 9.41. The molecule has 24 heteroatoms. The monoisotopic (exact) mass is 783 g/mol. The van der Waals surface area contributed by atoms with Gasteiger partial charge in [0.15, 0.2) is 29.2 Å². The molecular formula is C32H49N17O7. The Morgan fingerprint density at radius 3 is 1.29 bits per heavy atom. The molecule has 0 amide bonds. The fraction of sp³-hybridized carbons (Fsp3) is 0.469. The molecule has 8 rings (SSSR count). The second-order valence-electron chi connectivity index (χ2n) is 11.0. The van der Waals surface area contributed by atoms with Crippen LogP contribution in [0, 0.1) is 83.1 Å². The van der Waals surface area contributed by atoms with Gasteiger partial charge in [0.2, 0.25) is 23.6 Å². The van der Waals surface area contributed by atoms with Crippen LogP contribution in [0.2, 0.25) is 0 Å². The molecule has 0 bridgehead atoms. The first-order valence-electron chi connectivity index (χ1n) is 16.4. The van der Waals surface area contributed by atoms with Crippen molar-refractivity contribution in [1.82, 2.24) is 85.6 Å². The molecule has 0 aliphatic carbocycles. The van der Waals surface area contributed by atoms with E-state index in [1.165, 1.54) is 9.36 Å². The molecular weight excluding hydrogens is 734 g/mol. The molecule has 8 aromatic rings. The van der Waals surface area contributed by atoms with Crippen molar-refractivity contribution in [2.24, 2.45) is 21.1 Å². The highest BCUT2D eigenvalue weighted by Crippen LogP contribution is 1.97. The van der Waals surface area contributed by atoms with Crippen molar-refractivity contribution in [1.29, 1.82) is 0 Å². The van der Waals surface area contributed by atoms with Crippen molar-refractivity contribution in [3.63, 3.8) is 0 Å². The van der Waals surface area contributed by atoms with E-state index in [1.54, 1.807) is 93.7 Å². The van der Waals surface area contributed by atoms with E-state index >= 15 is 0 Å². The van der Waals surface area contributed by atoms with Crippen LogP contribution in [0.1, 0.15) is 70.1 Å². The Morgan fingerprint density at radius 2 is 1.16 bits per heavy atom. The third-order valence-corrected chi connectivity index (χ3v) is 5.74. The Morgan fingerprint density at radius 1 is 0.571 bits per heavy atom. The van der Waals surface area contributed by atoms with Crippen LogP contribution in [0.3, 0.4) is 0 Å². The third-order valence-electron chi connectivity index (χ3n) is 5.74. The van der Waals surface area contributed by atoms with E-state index in [1.807, 2.05) is 39.8 Å². The molecule has 0 aliphatic rings. The van der Waals surface area contributed by atoms with Crippen LogP contribution in [0.15, 0.2) is 56.2 Å². The van der Waals surface area contributed by atoms with Gasteiger partial charge in [-0.25, -0.2) is 14.5 Å². The molecule has 304 valence electrons. The summed E-state index contributed by atoms with van der Waals surface area (Å²) in [5.41, 5.74) is 0. The van der Waals surface area contributed by atoms with Crippen molar-refractivity contribution in [3.8, 4) is 0 Å². The third kappa shape index (κ3) is 21.5. The van der Waals surface area contributed by atoms with Crippen molar-refractivity contribution >= 4 is 0 Å². The smallest absolute Gasteiger partial charge is 0.441 e. The van der Waals surface area contributed by atoms with Crippen molar-refractivity contribution in [2.45, 2.75) is 83.1 Å². The molecule has 0 fully saturated rings. The van der Waals surface area contributed by atoms with E-state index in [9.17, 15) is 4.79 Å².